The number of hydrogen-bond donors (Lipinski definition) is 2. The molecule has 5 heterocycles. The predicted octanol–water partition coefficient (Wildman–Crippen LogP) is 8.80. The van der Waals surface area contributed by atoms with Crippen LogP contribution in [0.25, 0.3) is 16.6 Å². The summed E-state index contributed by atoms with van der Waals surface area (Å²) < 4.78 is 47.8. The number of nitro groups is 1. The number of nitrogens with one attached hydrogen (secondary N) is 2. The van der Waals surface area contributed by atoms with E-state index in [4.69, 9.17) is 25.8 Å². The van der Waals surface area contributed by atoms with Crippen molar-refractivity contribution in [2.24, 2.45) is 17.3 Å². The number of fused-ring (bicyclic) bond motifs is 2. The van der Waals surface area contributed by atoms with Crippen molar-refractivity contribution in [2.45, 2.75) is 57.3 Å². The summed E-state index contributed by atoms with van der Waals surface area (Å²) in [6.07, 6.45) is 8.53. The SMILES string of the molecule is CC1(C)CCC(c2ccc(Cl)cc2)=C(CN2CCN(c3ccc(C(=O)NS(=O)(=O)c4cc5c(c([N+](=O)[O-])c4)C[C@@H](C4CCOCC4)CO5)c(Oc4cnc5[nH]ccc5c4)c3)CC2)C1. The molecule has 2 saturated heterocycles. The number of aromatic amines is 1. The highest BCUT2D eigenvalue weighted by atomic mass is 35.5. The van der Waals surface area contributed by atoms with Gasteiger partial charge in [0.2, 0.25) is 0 Å². The highest BCUT2D eigenvalue weighted by Crippen LogP contribution is 2.44. The molecule has 0 spiro atoms. The van der Waals surface area contributed by atoms with Crippen LogP contribution in [0.5, 0.6) is 17.2 Å². The molecule has 0 unspecified atom stereocenters. The van der Waals surface area contributed by atoms with Crippen molar-refractivity contribution in [2.75, 3.05) is 57.4 Å². The van der Waals surface area contributed by atoms with Gasteiger partial charge in [0.1, 0.15) is 22.9 Å². The van der Waals surface area contributed by atoms with Crippen LogP contribution in [-0.4, -0.2) is 86.7 Å². The number of H-pyrrole nitrogens is 1. The van der Waals surface area contributed by atoms with E-state index in [0.29, 0.717) is 43.2 Å². The van der Waals surface area contributed by atoms with Gasteiger partial charge in [-0.05, 0) is 97.4 Å². The van der Waals surface area contributed by atoms with E-state index in [1.54, 1.807) is 30.5 Å². The molecule has 0 bridgehead atoms. The molecular weight excluding hydrogens is 844 g/mol. The van der Waals surface area contributed by atoms with E-state index in [1.807, 2.05) is 18.2 Å². The van der Waals surface area contributed by atoms with E-state index in [0.717, 1.165) is 87.0 Å². The van der Waals surface area contributed by atoms with Gasteiger partial charge < -0.3 is 24.1 Å². The van der Waals surface area contributed by atoms with Gasteiger partial charge in [0.05, 0.1) is 33.7 Å². The Balaban J connectivity index is 0.950. The maximum Gasteiger partial charge on any atom is 0.277 e. The molecule has 1 amide bonds. The number of amides is 1. The molecule has 2 fully saturated rings. The molecule has 330 valence electrons. The van der Waals surface area contributed by atoms with Crippen LogP contribution in [0.4, 0.5) is 11.4 Å². The fourth-order valence-electron chi connectivity index (χ4n) is 9.58. The second kappa shape index (κ2) is 17.6. The Hall–Kier alpha value is -5.48. The molecule has 14 nitrogen and oxygen atoms in total. The molecule has 1 aliphatic carbocycles. The summed E-state index contributed by atoms with van der Waals surface area (Å²) in [5.41, 5.74) is 5.75. The minimum absolute atomic E-state index is 0.0419. The van der Waals surface area contributed by atoms with Crippen molar-refractivity contribution in [3.8, 4) is 17.2 Å². The Morgan fingerprint density at radius 3 is 2.57 bits per heavy atom. The molecule has 5 aromatic rings. The highest BCUT2D eigenvalue weighted by molar-refractivity contribution is 7.90. The van der Waals surface area contributed by atoms with Crippen LogP contribution < -0.4 is 19.1 Å². The molecule has 1 atom stereocenters. The van der Waals surface area contributed by atoms with E-state index < -0.39 is 25.7 Å². The topological polar surface area (TPSA) is 169 Å². The lowest BCUT2D eigenvalue weighted by atomic mass is 9.73. The fourth-order valence-corrected chi connectivity index (χ4v) is 10.7. The quantitative estimate of drug-likeness (QED) is 0.0960. The standard InChI is InChI=1S/C47H51ClN6O8S/c1-47(2)13-9-39(31-3-5-35(48)6-4-31)34(26-47)28-52-15-17-53(18-16-52)36-7-8-40(44(23-36)62-37-21-32-10-14-49-45(32)50-27-37)46(55)51-63(58,59)38-24-42(54(56)57)41-22-33(29-61-43(41)25-38)30-11-19-60-20-12-30/h3-8,10,14,21,23-25,27,30,33H,9,11-13,15-20,22,26,28-29H2,1-2H3,(H,49,50)(H,51,55)/t33-/m1/s1. The van der Waals surface area contributed by atoms with Gasteiger partial charge in [-0.3, -0.25) is 19.8 Å². The molecule has 3 aromatic carbocycles. The van der Waals surface area contributed by atoms with Gasteiger partial charge in [0.25, 0.3) is 21.6 Å². The Morgan fingerprint density at radius 2 is 1.81 bits per heavy atom. The molecule has 9 rings (SSSR count). The number of carbonyl (C=O) groups is 1. The van der Waals surface area contributed by atoms with E-state index in [-0.39, 0.29) is 40.0 Å². The summed E-state index contributed by atoms with van der Waals surface area (Å²) in [5.74, 6) is -0.0282. The Morgan fingerprint density at radius 1 is 1.03 bits per heavy atom. The minimum Gasteiger partial charge on any atom is -0.493 e. The number of nitro benzene ring substituents is 1. The molecule has 63 heavy (non-hydrogen) atoms. The van der Waals surface area contributed by atoms with E-state index in [1.165, 1.54) is 29.0 Å². The van der Waals surface area contributed by atoms with Crippen molar-refractivity contribution in [1.29, 1.82) is 0 Å². The first-order valence-corrected chi connectivity index (χ1v) is 23.4. The van der Waals surface area contributed by atoms with E-state index in [2.05, 4.69) is 50.5 Å². The number of nitrogens with zero attached hydrogens (tertiary/aromatic N) is 4. The zero-order valence-electron chi connectivity index (χ0n) is 35.4. The smallest absolute Gasteiger partial charge is 0.277 e. The van der Waals surface area contributed by atoms with Crippen LogP contribution in [0.15, 0.2) is 89.6 Å². The van der Waals surface area contributed by atoms with Gasteiger partial charge in [0, 0.05) is 92.3 Å². The average Bonchev–Trinajstić information content (AvgIpc) is 3.74. The van der Waals surface area contributed by atoms with Crippen LogP contribution in [0.1, 0.15) is 67.4 Å². The summed E-state index contributed by atoms with van der Waals surface area (Å²) in [7, 11) is -4.62. The molecule has 16 heteroatoms. The number of benzene rings is 3. The minimum atomic E-state index is -4.62. The van der Waals surface area contributed by atoms with Crippen LogP contribution in [0, 0.1) is 27.4 Å². The van der Waals surface area contributed by atoms with Gasteiger partial charge in [-0.25, -0.2) is 18.1 Å². The molecule has 2 N–H and O–H groups in total. The maximum absolute atomic E-state index is 14.1. The molecule has 2 aromatic heterocycles. The number of rotatable bonds is 11. The summed E-state index contributed by atoms with van der Waals surface area (Å²) in [4.78, 5) is 37.6. The number of allylic oxidation sites excluding steroid dienone is 1. The van der Waals surface area contributed by atoms with Gasteiger partial charge in [-0.15, -0.1) is 0 Å². The molecule has 3 aliphatic heterocycles. The van der Waals surface area contributed by atoms with Gasteiger partial charge >= 0.3 is 0 Å². The Labute approximate surface area is 371 Å². The number of carbonyl (C=O) groups excluding carboxylic acids is 1. The second-order valence-electron chi connectivity index (χ2n) is 17.9. The van der Waals surface area contributed by atoms with Crippen molar-refractivity contribution in [1.82, 2.24) is 19.6 Å². The summed E-state index contributed by atoms with van der Waals surface area (Å²) in [6.45, 7) is 10.2. The van der Waals surface area contributed by atoms with Crippen LogP contribution in [0.3, 0.4) is 0 Å². The van der Waals surface area contributed by atoms with Crippen molar-refractivity contribution < 1.29 is 32.3 Å². The number of sulfonamides is 1. The van der Waals surface area contributed by atoms with Crippen LogP contribution in [0.2, 0.25) is 5.02 Å². The number of anilines is 1. The number of pyridine rings is 1. The Bertz CT molecular complexity index is 2690. The summed E-state index contributed by atoms with van der Waals surface area (Å²) in [6, 6.07) is 19.1. The van der Waals surface area contributed by atoms with Crippen molar-refractivity contribution in [3.05, 3.63) is 117 Å². The number of halogens is 1. The molecule has 4 aliphatic rings. The number of hydrogen-bond acceptors (Lipinski definition) is 11. The molecular formula is C47H51ClN6O8S. The molecule has 0 saturated carbocycles. The van der Waals surface area contributed by atoms with Gasteiger partial charge in [0.15, 0.2) is 0 Å². The summed E-state index contributed by atoms with van der Waals surface area (Å²) >= 11 is 6.24. The third-order valence-electron chi connectivity index (χ3n) is 13.1. The third kappa shape index (κ3) is 9.42. The second-order valence-corrected chi connectivity index (χ2v) is 20.0. The van der Waals surface area contributed by atoms with E-state index >= 15 is 0 Å². The van der Waals surface area contributed by atoms with Crippen LogP contribution >= 0.6 is 11.6 Å². The van der Waals surface area contributed by atoms with Gasteiger partial charge in [-0.1, -0.05) is 43.2 Å². The zero-order valence-corrected chi connectivity index (χ0v) is 37.0. The first kappa shape index (κ1) is 42.8. The lowest BCUT2D eigenvalue weighted by molar-refractivity contribution is -0.386. The number of ether oxygens (including phenoxy) is 3. The lowest BCUT2D eigenvalue weighted by Crippen LogP contribution is -2.47. The lowest BCUT2D eigenvalue weighted by Gasteiger charge is -2.39. The maximum atomic E-state index is 14.1. The third-order valence-corrected chi connectivity index (χ3v) is 14.6. The largest absolute Gasteiger partial charge is 0.493 e. The van der Waals surface area contributed by atoms with Crippen LogP contribution in [-0.2, 0) is 21.2 Å². The predicted molar refractivity (Wildman–Crippen MR) is 241 cm³/mol. The first-order chi connectivity index (χ1) is 30.3. The first-order valence-electron chi connectivity index (χ1n) is 21.6. The van der Waals surface area contributed by atoms with Gasteiger partial charge in [-0.2, -0.15) is 0 Å². The van der Waals surface area contributed by atoms with Crippen molar-refractivity contribution >= 4 is 55.5 Å². The van der Waals surface area contributed by atoms with Crippen molar-refractivity contribution in [3.63, 3.8) is 0 Å². The Kier molecular flexibility index (Phi) is 12.0. The fraction of sp³-hybridized carbons (Fsp3) is 0.404. The average molecular weight is 895 g/mol. The summed E-state index contributed by atoms with van der Waals surface area (Å²) in [5, 5.41) is 13.9. The highest BCUT2D eigenvalue weighted by Gasteiger charge is 2.36. The zero-order chi connectivity index (χ0) is 43.9. The molecule has 0 radical (unpaired) electrons. The monoisotopic (exact) mass is 894 g/mol. The normalized spacial score (nSPS) is 19.7. The number of piperazine rings is 1. The number of aromatic nitrogens is 2. The van der Waals surface area contributed by atoms with E-state index in [9.17, 15) is 23.3 Å².